The van der Waals surface area contributed by atoms with Gasteiger partial charge in [0, 0.05) is 5.69 Å². The maximum atomic E-state index is 12.8. The van der Waals surface area contributed by atoms with Gasteiger partial charge in [0.15, 0.2) is 5.16 Å². The molecule has 30 heavy (non-hydrogen) atoms. The number of benzene rings is 2. The lowest BCUT2D eigenvalue weighted by molar-refractivity contribution is -0.113. The minimum atomic E-state index is -3.82. The third kappa shape index (κ3) is 4.80. The molecule has 0 spiro atoms. The summed E-state index contributed by atoms with van der Waals surface area (Å²) in [4.78, 5) is 20.4. The molecule has 2 aromatic carbocycles. The average Bonchev–Trinajstić information content (AvgIpc) is 2.70. The molecule has 7 nitrogen and oxygen atoms in total. The first-order valence-electron chi connectivity index (χ1n) is 9.11. The number of amides is 1. The minimum Gasteiger partial charge on any atom is -0.382 e. The van der Waals surface area contributed by atoms with Crippen molar-refractivity contribution in [3.63, 3.8) is 0 Å². The molecule has 0 bridgehead atoms. The van der Waals surface area contributed by atoms with Crippen LogP contribution in [0.5, 0.6) is 0 Å². The fourth-order valence-electron chi connectivity index (χ4n) is 2.69. The van der Waals surface area contributed by atoms with Crippen molar-refractivity contribution in [1.82, 2.24) is 9.97 Å². The molecule has 0 atom stereocenters. The fraction of sp³-hybridized carbons (Fsp3) is 0.190. The van der Waals surface area contributed by atoms with Crippen LogP contribution in [0.15, 0.2) is 63.6 Å². The lowest BCUT2D eigenvalue weighted by Crippen LogP contribution is -2.15. The van der Waals surface area contributed by atoms with Crippen LogP contribution in [-0.4, -0.2) is 30.0 Å². The quantitative estimate of drug-likeness (QED) is 0.443. The van der Waals surface area contributed by atoms with E-state index in [0.717, 1.165) is 34.1 Å². The Bertz CT molecular complexity index is 1190. The maximum Gasteiger partial charge on any atom is 0.234 e. The summed E-state index contributed by atoms with van der Waals surface area (Å²) in [6.07, 6.45) is 1.18. The number of aryl methyl sites for hydroxylation is 2. The third-order valence-corrected chi connectivity index (χ3v) is 7.24. The Labute approximate surface area is 180 Å². The van der Waals surface area contributed by atoms with E-state index in [4.69, 9.17) is 5.73 Å². The highest BCUT2D eigenvalue weighted by molar-refractivity contribution is 7.99. The molecule has 3 N–H and O–H groups in total. The van der Waals surface area contributed by atoms with E-state index in [-0.39, 0.29) is 32.4 Å². The van der Waals surface area contributed by atoms with E-state index in [1.165, 1.54) is 18.3 Å². The first-order chi connectivity index (χ1) is 14.2. The molecule has 9 heteroatoms. The zero-order valence-electron chi connectivity index (χ0n) is 16.8. The zero-order valence-corrected chi connectivity index (χ0v) is 18.5. The van der Waals surface area contributed by atoms with Crippen molar-refractivity contribution in [2.24, 2.45) is 0 Å². The van der Waals surface area contributed by atoms with Crippen molar-refractivity contribution >= 4 is 39.0 Å². The van der Waals surface area contributed by atoms with Crippen LogP contribution < -0.4 is 11.1 Å². The van der Waals surface area contributed by atoms with Gasteiger partial charge in [-0.25, -0.2) is 18.4 Å². The highest BCUT2D eigenvalue weighted by Crippen LogP contribution is 2.26. The van der Waals surface area contributed by atoms with Gasteiger partial charge in [-0.05, 0) is 50.1 Å². The Morgan fingerprint density at radius 1 is 1.10 bits per heavy atom. The molecule has 3 rings (SSSR count). The standard InChI is InChI=1S/C21H22N4O3S2/c1-13-7-9-16(10-8-13)30(27,28)18-11-23-21(25-20(18)22)29-12-19(26)24-17-6-4-5-14(2)15(17)3/h4-11H,12H2,1-3H3,(H,24,26)(H2,22,23,25). The van der Waals surface area contributed by atoms with Gasteiger partial charge >= 0.3 is 0 Å². The minimum absolute atomic E-state index is 0.0663. The predicted octanol–water partition coefficient (Wildman–Crippen LogP) is 3.55. The van der Waals surface area contributed by atoms with Crippen molar-refractivity contribution < 1.29 is 13.2 Å². The lowest BCUT2D eigenvalue weighted by atomic mass is 10.1. The summed E-state index contributed by atoms with van der Waals surface area (Å²) < 4.78 is 25.5. The van der Waals surface area contributed by atoms with E-state index < -0.39 is 9.84 Å². The number of carbonyl (C=O) groups is 1. The highest BCUT2D eigenvalue weighted by atomic mass is 32.2. The Kier molecular flexibility index (Phi) is 6.42. The number of nitrogens with zero attached hydrogens (tertiary/aromatic N) is 2. The first-order valence-corrected chi connectivity index (χ1v) is 11.6. The number of carbonyl (C=O) groups excluding carboxylic acids is 1. The second-order valence-corrected chi connectivity index (χ2v) is 9.66. The molecule has 1 aromatic heterocycles. The van der Waals surface area contributed by atoms with E-state index >= 15 is 0 Å². The molecular formula is C21H22N4O3S2. The molecular weight excluding hydrogens is 420 g/mol. The molecule has 0 saturated carbocycles. The number of rotatable bonds is 6. The molecule has 0 unspecified atom stereocenters. The summed E-state index contributed by atoms with van der Waals surface area (Å²) in [5, 5.41) is 3.08. The van der Waals surface area contributed by atoms with Gasteiger partial charge in [-0.2, -0.15) is 0 Å². The van der Waals surface area contributed by atoms with Crippen LogP contribution in [0, 0.1) is 20.8 Å². The normalized spacial score (nSPS) is 11.3. The number of sulfone groups is 1. The van der Waals surface area contributed by atoms with E-state index in [2.05, 4.69) is 15.3 Å². The number of anilines is 2. The van der Waals surface area contributed by atoms with Gasteiger partial charge in [-0.1, -0.05) is 41.6 Å². The summed E-state index contributed by atoms with van der Waals surface area (Å²) in [5.74, 6) is -0.299. The second kappa shape index (κ2) is 8.85. The van der Waals surface area contributed by atoms with Crippen molar-refractivity contribution in [2.75, 3.05) is 16.8 Å². The van der Waals surface area contributed by atoms with Crippen LogP contribution in [0.25, 0.3) is 0 Å². The van der Waals surface area contributed by atoms with Crippen LogP contribution in [-0.2, 0) is 14.6 Å². The van der Waals surface area contributed by atoms with Crippen LogP contribution in [0.3, 0.4) is 0 Å². The fourth-order valence-corrected chi connectivity index (χ4v) is 4.57. The molecule has 0 fully saturated rings. The van der Waals surface area contributed by atoms with Crippen LogP contribution in [0.4, 0.5) is 11.5 Å². The predicted molar refractivity (Wildman–Crippen MR) is 118 cm³/mol. The van der Waals surface area contributed by atoms with Crippen molar-refractivity contribution in [1.29, 1.82) is 0 Å². The number of thioether (sulfide) groups is 1. The Hall–Kier alpha value is -2.91. The zero-order chi connectivity index (χ0) is 21.9. The van der Waals surface area contributed by atoms with E-state index in [0.29, 0.717) is 0 Å². The molecule has 1 heterocycles. The number of nitrogens with two attached hydrogens (primary N) is 1. The second-order valence-electron chi connectivity index (χ2n) is 6.80. The largest absolute Gasteiger partial charge is 0.382 e. The maximum absolute atomic E-state index is 12.8. The van der Waals surface area contributed by atoms with Crippen LogP contribution in [0.2, 0.25) is 0 Å². The van der Waals surface area contributed by atoms with Gasteiger partial charge in [-0.3, -0.25) is 4.79 Å². The molecule has 1 amide bonds. The van der Waals surface area contributed by atoms with Crippen LogP contribution >= 0.6 is 11.8 Å². The van der Waals surface area contributed by atoms with E-state index in [1.807, 2.05) is 39.0 Å². The van der Waals surface area contributed by atoms with Gasteiger partial charge in [0.2, 0.25) is 15.7 Å². The average molecular weight is 443 g/mol. The molecule has 0 aliphatic carbocycles. The summed E-state index contributed by atoms with van der Waals surface area (Å²) in [5.41, 5.74) is 9.68. The number of nitrogens with one attached hydrogen (secondary N) is 1. The van der Waals surface area contributed by atoms with Gasteiger partial charge < -0.3 is 11.1 Å². The smallest absolute Gasteiger partial charge is 0.234 e. The number of hydrogen-bond donors (Lipinski definition) is 2. The molecule has 3 aromatic rings. The highest BCUT2D eigenvalue weighted by Gasteiger charge is 2.22. The Morgan fingerprint density at radius 2 is 1.80 bits per heavy atom. The van der Waals surface area contributed by atoms with Gasteiger partial charge in [0.1, 0.15) is 10.7 Å². The third-order valence-electron chi connectivity index (χ3n) is 4.59. The Morgan fingerprint density at radius 3 is 2.47 bits per heavy atom. The Balaban J connectivity index is 1.70. The molecule has 0 aliphatic rings. The topological polar surface area (TPSA) is 115 Å². The number of nitrogen functional groups attached to an aromatic ring is 1. The summed E-state index contributed by atoms with van der Waals surface area (Å²) >= 11 is 1.08. The molecule has 0 saturated heterocycles. The lowest BCUT2D eigenvalue weighted by Gasteiger charge is -2.10. The summed E-state index contributed by atoms with van der Waals surface area (Å²) in [6, 6.07) is 12.1. The number of aromatic nitrogens is 2. The first kappa shape index (κ1) is 21.8. The monoisotopic (exact) mass is 442 g/mol. The van der Waals surface area contributed by atoms with Crippen molar-refractivity contribution in [2.45, 2.75) is 35.7 Å². The van der Waals surface area contributed by atoms with E-state index in [9.17, 15) is 13.2 Å². The van der Waals surface area contributed by atoms with Gasteiger partial charge in [0.05, 0.1) is 16.8 Å². The summed E-state index contributed by atoms with van der Waals surface area (Å²) in [7, 11) is -3.82. The van der Waals surface area contributed by atoms with Gasteiger partial charge in [-0.15, -0.1) is 0 Å². The molecule has 0 radical (unpaired) electrons. The van der Waals surface area contributed by atoms with E-state index in [1.54, 1.807) is 12.1 Å². The SMILES string of the molecule is Cc1ccc(S(=O)(=O)c2cnc(SCC(=O)Nc3cccc(C)c3C)nc2N)cc1. The molecule has 0 aliphatic heterocycles. The van der Waals surface area contributed by atoms with Gasteiger partial charge in [0.25, 0.3) is 0 Å². The van der Waals surface area contributed by atoms with Crippen molar-refractivity contribution in [3.8, 4) is 0 Å². The number of hydrogen-bond acceptors (Lipinski definition) is 7. The van der Waals surface area contributed by atoms with Crippen LogP contribution in [0.1, 0.15) is 16.7 Å². The summed E-state index contributed by atoms with van der Waals surface area (Å²) in [6.45, 7) is 5.79. The van der Waals surface area contributed by atoms with Crippen molar-refractivity contribution in [3.05, 3.63) is 65.4 Å². The molecule has 156 valence electrons.